The molecule has 0 radical (unpaired) electrons. The van der Waals surface area contributed by atoms with Crippen molar-refractivity contribution in [1.29, 1.82) is 0 Å². The monoisotopic (exact) mass is 154 g/mol. The lowest BCUT2D eigenvalue weighted by Gasteiger charge is -1.90. The molecule has 0 saturated heterocycles. The third kappa shape index (κ3) is 3.15. The first kappa shape index (κ1) is 7.54. The predicted molar refractivity (Wildman–Crippen MR) is 39.4 cm³/mol. The van der Waals surface area contributed by atoms with Gasteiger partial charge in [0.15, 0.2) is 0 Å². The van der Waals surface area contributed by atoms with Crippen molar-refractivity contribution in [2.45, 2.75) is 6.04 Å². The van der Waals surface area contributed by atoms with E-state index in [1.807, 2.05) is 0 Å². The minimum atomic E-state index is 0.590. The summed E-state index contributed by atoms with van der Waals surface area (Å²) in [5, 5.41) is 0. The van der Waals surface area contributed by atoms with Gasteiger partial charge in [0.25, 0.3) is 0 Å². The van der Waals surface area contributed by atoms with Crippen LogP contribution in [0.15, 0.2) is 11.1 Å². The van der Waals surface area contributed by atoms with Gasteiger partial charge in [-0.1, -0.05) is 11.6 Å². The minimum absolute atomic E-state index is 0.590. The molecule has 0 fully saturated rings. The quantitative estimate of drug-likeness (QED) is 0.414. The molecule has 7 heavy (non-hydrogen) atoms. The Balaban J connectivity index is 3.38. The van der Waals surface area contributed by atoms with E-state index in [-0.39, 0.29) is 0 Å². The smallest absolute Gasteiger partial charge is 0.0441 e. The average Bonchev–Trinajstić information content (AvgIpc) is 1.72. The first-order valence-corrected chi connectivity index (χ1v) is 4.57. The molecule has 0 aromatic carbocycles. The summed E-state index contributed by atoms with van der Waals surface area (Å²) >= 11 is 10.8. The van der Waals surface area contributed by atoms with Gasteiger partial charge in [0.1, 0.15) is 0 Å². The summed E-state index contributed by atoms with van der Waals surface area (Å²) < 4.78 is 0. The van der Waals surface area contributed by atoms with Gasteiger partial charge in [-0.05, 0) is 11.6 Å². The van der Waals surface area contributed by atoms with E-state index in [0.29, 0.717) is 5.88 Å². The van der Waals surface area contributed by atoms with Gasteiger partial charge in [-0.25, -0.2) is 0 Å². The SMILES string of the molecule is [SiH3]CC(=CCl)CCl. The van der Waals surface area contributed by atoms with Gasteiger partial charge in [0.2, 0.25) is 0 Å². The van der Waals surface area contributed by atoms with Crippen molar-refractivity contribution in [1.82, 2.24) is 0 Å². The first-order chi connectivity index (χ1) is 3.35. The van der Waals surface area contributed by atoms with E-state index in [1.54, 1.807) is 5.54 Å². The number of alkyl halides is 1. The Labute approximate surface area is 56.9 Å². The Morgan fingerprint density at radius 2 is 2.29 bits per heavy atom. The van der Waals surface area contributed by atoms with Crippen LogP contribution in [0, 0.1) is 0 Å². The summed E-state index contributed by atoms with van der Waals surface area (Å²) in [5.74, 6) is 0.590. The Hall–Kier alpha value is 0.537. The summed E-state index contributed by atoms with van der Waals surface area (Å²) in [4.78, 5) is 0. The lowest BCUT2D eigenvalue weighted by molar-refractivity contribution is 1.41. The Morgan fingerprint density at radius 3 is 2.29 bits per heavy atom. The molecule has 0 heterocycles. The van der Waals surface area contributed by atoms with Gasteiger partial charge in [-0.15, -0.1) is 11.6 Å². The van der Waals surface area contributed by atoms with E-state index in [2.05, 4.69) is 0 Å². The third-order valence-corrected chi connectivity index (χ3v) is 2.34. The molecule has 0 aromatic heterocycles. The fraction of sp³-hybridized carbons (Fsp3) is 0.500. The van der Waals surface area contributed by atoms with Crippen molar-refractivity contribution in [2.24, 2.45) is 0 Å². The molecule has 0 bridgehead atoms. The molecule has 0 atom stereocenters. The Kier molecular flexibility index (Phi) is 5.05. The van der Waals surface area contributed by atoms with Crippen LogP contribution in [0.4, 0.5) is 0 Å². The highest BCUT2D eigenvalue weighted by Crippen LogP contribution is 2.02. The second-order valence-corrected chi connectivity index (χ2v) is 2.45. The number of halogens is 2. The molecule has 0 aliphatic heterocycles. The van der Waals surface area contributed by atoms with Crippen LogP contribution >= 0.6 is 23.2 Å². The molecule has 3 heteroatoms. The number of hydrogen-bond donors (Lipinski definition) is 0. The largest absolute Gasteiger partial charge is 0.122 e. The zero-order valence-corrected chi connectivity index (χ0v) is 7.76. The predicted octanol–water partition coefficient (Wildman–Crippen LogP) is 1.13. The normalized spacial score (nSPS) is 12.6. The third-order valence-electron chi connectivity index (χ3n) is 0.780. The highest BCUT2D eigenvalue weighted by atomic mass is 35.5. The second-order valence-electron chi connectivity index (χ2n) is 1.25. The maximum atomic E-state index is 5.44. The van der Waals surface area contributed by atoms with Gasteiger partial charge in [0.05, 0.1) is 0 Å². The molecular weight excluding hydrogens is 147 g/mol. The molecular formula is C4H8Cl2Si. The van der Waals surface area contributed by atoms with Crippen molar-refractivity contribution < 1.29 is 0 Å². The number of allylic oxidation sites excluding steroid dienone is 1. The Bertz CT molecular complexity index is 64.1. The van der Waals surface area contributed by atoms with Gasteiger partial charge in [-0.2, -0.15) is 0 Å². The maximum absolute atomic E-state index is 5.44. The van der Waals surface area contributed by atoms with E-state index in [0.717, 1.165) is 21.9 Å². The van der Waals surface area contributed by atoms with Crippen LogP contribution in [0.2, 0.25) is 6.04 Å². The zero-order chi connectivity index (χ0) is 5.70. The van der Waals surface area contributed by atoms with Crippen LogP contribution in [0.1, 0.15) is 0 Å². The molecule has 0 nitrogen and oxygen atoms in total. The summed E-state index contributed by atoms with van der Waals surface area (Å²) in [5.41, 5.74) is 2.72. The fourth-order valence-electron chi connectivity index (χ4n) is 0.201. The Morgan fingerprint density at radius 1 is 1.71 bits per heavy atom. The van der Waals surface area contributed by atoms with Crippen LogP contribution in [0.3, 0.4) is 0 Å². The van der Waals surface area contributed by atoms with Crippen LogP contribution in [-0.2, 0) is 0 Å². The van der Waals surface area contributed by atoms with Crippen LogP contribution in [0.5, 0.6) is 0 Å². The molecule has 0 saturated carbocycles. The summed E-state index contributed by atoms with van der Waals surface area (Å²) in [6, 6.07) is 1.09. The van der Waals surface area contributed by atoms with Crippen LogP contribution in [0.25, 0.3) is 0 Å². The van der Waals surface area contributed by atoms with E-state index in [1.165, 1.54) is 0 Å². The molecule has 42 valence electrons. The zero-order valence-electron chi connectivity index (χ0n) is 4.25. The van der Waals surface area contributed by atoms with E-state index >= 15 is 0 Å². The molecule has 0 aromatic rings. The van der Waals surface area contributed by atoms with E-state index in [9.17, 15) is 0 Å². The van der Waals surface area contributed by atoms with Crippen molar-refractivity contribution in [3.05, 3.63) is 11.1 Å². The summed E-state index contributed by atoms with van der Waals surface area (Å²) in [7, 11) is 1.15. The minimum Gasteiger partial charge on any atom is -0.122 e. The highest BCUT2D eigenvalue weighted by molar-refractivity contribution is 6.28. The van der Waals surface area contributed by atoms with E-state index in [4.69, 9.17) is 23.2 Å². The molecule has 0 aliphatic rings. The topological polar surface area (TPSA) is 0 Å². The van der Waals surface area contributed by atoms with Crippen LogP contribution < -0.4 is 0 Å². The molecule has 0 rings (SSSR count). The molecule has 0 unspecified atom stereocenters. The average molecular weight is 155 g/mol. The van der Waals surface area contributed by atoms with Crippen LogP contribution in [-0.4, -0.2) is 16.1 Å². The standard InChI is InChI=1S/C4H8Cl2Si/c5-1-4(2-6)3-7/h1H,2-3H2,7H3. The summed E-state index contributed by atoms with van der Waals surface area (Å²) in [6.45, 7) is 0. The maximum Gasteiger partial charge on any atom is 0.0441 e. The van der Waals surface area contributed by atoms with Crippen molar-refractivity contribution >= 4 is 33.4 Å². The molecule has 0 spiro atoms. The molecule has 0 aliphatic carbocycles. The second kappa shape index (κ2) is 4.69. The first-order valence-electron chi connectivity index (χ1n) is 2.19. The summed E-state index contributed by atoms with van der Waals surface area (Å²) in [6.07, 6.45) is 0. The lowest BCUT2D eigenvalue weighted by atomic mass is 10.4. The van der Waals surface area contributed by atoms with Crippen molar-refractivity contribution in [2.75, 3.05) is 5.88 Å². The lowest BCUT2D eigenvalue weighted by Crippen LogP contribution is -1.79. The number of rotatable bonds is 2. The molecule has 0 amide bonds. The van der Waals surface area contributed by atoms with E-state index < -0.39 is 0 Å². The van der Waals surface area contributed by atoms with Gasteiger partial charge in [-0.3, -0.25) is 0 Å². The van der Waals surface area contributed by atoms with Gasteiger partial charge < -0.3 is 0 Å². The van der Waals surface area contributed by atoms with Crippen molar-refractivity contribution in [3.8, 4) is 0 Å². The van der Waals surface area contributed by atoms with Gasteiger partial charge in [0, 0.05) is 21.7 Å². The van der Waals surface area contributed by atoms with Crippen molar-refractivity contribution in [3.63, 3.8) is 0 Å². The van der Waals surface area contributed by atoms with Gasteiger partial charge >= 0.3 is 0 Å². The highest BCUT2D eigenvalue weighted by Gasteiger charge is 1.85. The fourth-order valence-corrected chi connectivity index (χ4v) is 1.81. The molecule has 0 N–H and O–H groups in total. The number of hydrogen-bond acceptors (Lipinski definition) is 0.